The molecule has 0 radical (unpaired) electrons. The van der Waals surface area contributed by atoms with Crippen molar-refractivity contribution >= 4 is 29.1 Å². The number of piperazine rings is 1. The lowest BCUT2D eigenvalue weighted by Gasteiger charge is -2.32. The van der Waals surface area contributed by atoms with Crippen molar-refractivity contribution in [1.29, 1.82) is 0 Å². The van der Waals surface area contributed by atoms with E-state index in [-0.39, 0.29) is 17.7 Å². The summed E-state index contributed by atoms with van der Waals surface area (Å²) in [6.45, 7) is 8.69. The van der Waals surface area contributed by atoms with Crippen molar-refractivity contribution in [2.24, 2.45) is 5.73 Å². The first-order chi connectivity index (χ1) is 23.6. The fourth-order valence-electron chi connectivity index (χ4n) is 5.67. The number of carbonyl (C=O) groups excluding carboxylic acids is 3. The number of nitrogens with one attached hydrogen (secondary N) is 1. The minimum atomic E-state index is -0.357. The van der Waals surface area contributed by atoms with Gasteiger partial charge in [-0.25, -0.2) is 0 Å². The molecular formula is C38H51N5O6. The summed E-state index contributed by atoms with van der Waals surface area (Å²) in [6, 6.07) is 16.1. The number of anilines is 2. The van der Waals surface area contributed by atoms with Gasteiger partial charge in [-0.3, -0.25) is 14.4 Å². The highest BCUT2D eigenvalue weighted by atomic mass is 16.5. The molecule has 1 aliphatic heterocycles. The molecule has 3 amide bonds. The van der Waals surface area contributed by atoms with Crippen LogP contribution in [0.2, 0.25) is 0 Å². The van der Waals surface area contributed by atoms with Gasteiger partial charge >= 0.3 is 0 Å². The lowest BCUT2D eigenvalue weighted by molar-refractivity contribution is -0.132. The van der Waals surface area contributed by atoms with Gasteiger partial charge in [0.2, 0.25) is 5.91 Å². The molecule has 0 spiro atoms. The van der Waals surface area contributed by atoms with E-state index < -0.39 is 0 Å². The monoisotopic (exact) mass is 673 g/mol. The van der Waals surface area contributed by atoms with E-state index in [0.29, 0.717) is 72.4 Å². The second kappa shape index (κ2) is 18.2. The number of ether oxygens (including phenoxy) is 3. The molecule has 49 heavy (non-hydrogen) atoms. The molecule has 3 aromatic carbocycles. The Labute approximate surface area is 290 Å². The zero-order chi connectivity index (χ0) is 35.3. The van der Waals surface area contributed by atoms with E-state index in [9.17, 15) is 14.4 Å². The first kappa shape index (κ1) is 37.2. The Morgan fingerprint density at radius 2 is 1.63 bits per heavy atom. The van der Waals surface area contributed by atoms with Gasteiger partial charge in [-0.2, -0.15) is 0 Å². The van der Waals surface area contributed by atoms with Crippen LogP contribution >= 0.6 is 0 Å². The summed E-state index contributed by atoms with van der Waals surface area (Å²) in [5.74, 6) is 1.07. The van der Waals surface area contributed by atoms with E-state index in [2.05, 4.69) is 17.3 Å². The molecule has 4 rings (SSSR count). The van der Waals surface area contributed by atoms with Crippen molar-refractivity contribution in [3.8, 4) is 17.2 Å². The predicted octanol–water partition coefficient (Wildman–Crippen LogP) is 5.28. The van der Waals surface area contributed by atoms with Crippen LogP contribution in [0, 0.1) is 13.8 Å². The number of nitrogens with zero attached hydrogens (tertiary/aromatic N) is 3. The number of unbranched alkanes of at least 4 members (excludes halogenated alkanes) is 2. The molecule has 1 saturated heterocycles. The van der Waals surface area contributed by atoms with Crippen LogP contribution in [0.25, 0.3) is 0 Å². The zero-order valence-corrected chi connectivity index (χ0v) is 29.5. The van der Waals surface area contributed by atoms with Gasteiger partial charge in [-0.1, -0.05) is 18.2 Å². The molecule has 0 saturated carbocycles. The van der Waals surface area contributed by atoms with Crippen molar-refractivity contribution in [2.45, 2.75) is 46.0 Å². The van der Waals surface area contributed by atoms with Crippen LogP contribution in [-0.2, 0) is 4.79 Å². The Hall–Kier alpha value is -4.61. The third kappa shape index (κ3) is 10.2. The molecule has 1 fully saturated rings. The van der Waals surface area contributed by atoms with E-state index in [1.165, 1.54) is 7.11 Å². The maximum absolute atomic E-state index is 13.7. The average molecular weight is 674 g/mol. The van der Waals surface area contributed by atoms with Crippen molar-refractivity contribution in [3.05, 3.63) is 76.9 Å². The van der Waals surface area contributed by atoms with E-state index in [0.717, 1.165) is 56.6 Å². The highest BCUT2D eigenvalue weighted by molar-refractivity contribution is 6.09. The van der Waals surface area contributed by atoms with Gasteiger partial charge in [-0.05, 0) is 101 Å². The largest absolute Gasteiger partial charge is 0.495 e. The Morgan fingerprint density at radius 1 is 0.878 bits per heavy atom. The molecule has 3 aromatic rings. The van der Waals surface area contributed by atoms with Crippen LogP contribution in [0.1, 0.15) is 63.9 Å². The average Bonchev–Trinajstić information content (AvgIpc) is 3.10. The predicted molar refractivity (Wildman–Crippen MR) is 193 cm³/mol. The summed E-state index contributed by atoms with van der Waals surface area (Å²) in [5.41, 5.74) is 9.30. The lowest BCUT2D eigenvalue weighted by Crippen LogP contribution is -2.47. The quantitative estimate of drug-likeness (QED) is 0.197. The Balaban J connectivity index is 1.37. The van der Waals surface area contributed by atoms with Crippen LogP contribution in [0.3, 0.4) is 0 Å². The summed E-state index contributed by atoms with van der Waals surface area (Å²) < 4.78 is 17.7. The number of hydrogen-bond acceptors (Lipinski definition) is 8. The highest BCUT2D eigenvalue weighted by Crippen LogP contribution is 2.33. The Morgan fingerprint density at radius 3 is 2.37 bits per heavy atom. The van der Waals surface area contributed by atoms with E-state index >= 15 is 0 Å². The SMILES string of the molecule is COc1cc(C(=O)N(C)c2ccc(C)cc2OCCCCCC(=O)N2CCN(C)CC2)ccc1NC(=O)c1cccc(C)c1OCCCN. The molecule has 0 aliphatic carbocycles. The smallest absolute Gasteiger partial charge is 0.259 e. The molecule has 264 valence electrons. The molecule has 0 unspecified atom stereocenters. The molecule has 0 bridgehead atoms. The topological polar surface area (TPSA) is 127 Å². The van der Waals surface area contributed by atoms with E-state index in [1.54, 1.807) is 42.3 Å². The Bertz CT molecular complexity index is 1590. The number of amides is 3. The molecule has 1 aliphatic rings. The maximum Gasteiger partial charge on any atom is 0.259 e. The van der Waals surface area contributed by atoms with Crippen LogP contribution in [0.15, 0.2) is 54.6 Å². The second-order valence-electron chi connectivity index (χ2n) is 12.5. The van der Waals surface area contributed by atoms with Crippen LogP contribution < -0.4 is 30.2 Å². The number of hydrogen-bond donors (Lipinski definition) is 2. The summed E-state index contributed by atoms with van der Waals surface area (Å²) >= 11 is 0. The number of carbonyl (C=O) groups is 3. The molecule has 11 heteroatoms. The van der Waals surface area contributed by atoms with Gasteiger partial charge in [-0.15, -0.1) is 0 Å². The Kier molecular flexibility index (Phi) is 13.8. The number of benzene rings is 3. The summed E-state index contributed by atoms with van der Waals surface area (Å²) in [4.78, 5) is 45.3. The number of nitrogens with two attached hydrogens (primary N) is 1. The van der Waals surface area contributed by atoms with Crippen LogP contribution in [0.5, 0.6) is 17.2 Å². The summed E-state index contributed by atoms with van der Waals surface area (Å²) in [5, 5.41) is 2.90. The van der Waals surface area contributed by atoms with Crippen LogP contribution in [-0.4, -0.2) is 94.7 Å². The molecule has 0 atom stereocenters. The molecule has 3 N–H and O–H groups in total. The molecule has 0 aromatic heterocycles. The molecule has 1 heterocycles. The lowest BCUT2D eigenvalue weighted by atomic mass is 10.1. The van der Waals surface area contributed by atoms with Gasteiger partial charge < -0.3 is 40.0 Å². The third-order valence-corrected chi connectivity index (χ3v) is 8.68. The standard InChI is InChI=1S/C38H51N5O6/c1-27-14-17-32(34(25-27)48-23-8-6-7-13-35(44)43-21-19-41(3)20-22-43)42(4)38(46)29-15-16-31(33(26-29)47-5)40-37(45)30-12-9-11-28(2)36(30)49-24-10-18-39/h9,11-12,14-17,25-26H,6-8,10,13,18-24,39H2,1-5H3,(H,40,45). The van der Waals surface area contributed by atoms with Gasteiger partial charge in [0.25, 0.3) is 11.8 Å². The van der Waals surface area contributed by atoms with Gasteiger partial charge in [0.05, 0.1) is 37.3 Å². The van der Waals surface area contributed by atoms with Crippen molar-refractivity contribution in [2.75, 3.05) is 77.4 Å². The number of aryl methyl sites for hydroxylation is 2. The minimum absolute atomic E-state index is 0.228. The van der Waals surface area contributed by atoms with Gasteiger partial charge in [0.15, 0.2) is 0 Å². The number of methoxy groups -OCH3 is 1. The maximum atomic E-state index is 13.7. The number of rotatable bonds is 16. The van der Waals surface area contributed by atoms with Gasteiger partial charge in [0, 0.05) is 45.2 Å². The molecular weight excluding hydrogens is 622 g/mol. The summed E-state index contributed by atoms with van der Waals surface area (Å²) in [6.07, 6.45) is 3.73. The fraction of sp³-hybridized carbons (Fsp3) is 0.447. The fourth-order valence-corrected chi connectivity index (χ4v) is 5.67. The first-order valence-corrected chi connectivity index (χ1v) is 17.0. The normalized spacial score (nSPS) is 13.1. The highest BCUT2D eigenvalue weighted by Gasteiger charge is 2.22. The first-order valence-electron chi connectivity index (χ1n) is 17.0. The zero-order valence-electron chi connectivity index (χ0n) is 29.5. The minimum Gasteiger partial charge on any atom is -0.495 e. The van der Waals surface area contributed by atoms with Crippen molar-refractivity contribution in [1.82, 2.24) is 9.80 Å². The van der Waals surface area contributed by atoms with Crippen molar-refractivity contribution in [3.63, 3.8) is 0 Å². The van der Waals surface area contributed by atoms with E-state index in [4.69, 9.17) is 19.9 Å². The van der Waals surface area contributed by atoms with Gasteiger partial charge in [0.1, 0.15) is 17.2 Å². The third-order valence-electron chi connectivity index (χ3n) is 8.68. The molecule has 11 nitrogen and oxygen atoms in total. The number of para-hydroxylation sites is 1. The summed E-state index contributed by atoms with van der Waals surface area (Å²) in [7, 11) is 5.28. The van der Waals surface area contributed by atoms with Crippen molar-refractivity contribution < 1.29 is 28.6 Å². The van der Waals surface area contributed by atoms with Crippen LogP contribution in [0.4, 0.5) is 11.4 Å². The second-order valence-corrected chi connectivity index (χ2v) is 12.5. The number of likely N-dealkylation sites (N-methyl/N-ethyl adjacent to an activating group) is 1. The van der Waals surface area contributed by atoms with E-state index in [1.807, 2.05) is 43.0 Å².